The van der Waals surface area contributed by atoms with Crippen LogP contribution in [0.15, 0.2) is 54.9 Å². The zero-order valence-corrected chi connectivity index (χ0v) is 13.1. The van der Waals surface area contributed by atoms with Crippen molar-refractivity contribution in [2.45, 2.75) is 6.42 Å². The van der Waals surface area contributed by atoms with E-state index in [1.807, 2.05) is 18.3 Å². The normalized spacial score (nSPS) is 14.7. The number of carbonyl (C=O) groups excluding carboxylic acids is 1. The zero-order chi connectivity index (χ0) is 16.5. The number of aromatic amines is 1. The molecule has 0 radical (unpaired) electrons. The number of nitrogens with zero attached hydrogens (tertiary/aromatic N) is 2. The summed E-state index contributed by atoms with van der Waals surface area (Å²) in [6.45, 7) is 1.21. The van der Waals surface area contributed by atoms with E-state index in [1.54, 1.807) is 29.3 Å². The van der Waals surface area contributed by atoms with Crippen LogP contribution >= 0.6 is 0 Å². The van der Waals surface area contributed by atoms with Gasteiger partial charge in [-0.05, 0) is 42.3 Å². The minimum atomic E-state index is -0.0572. The first kappa shape index (κ1) is 14.5. The second kappa shape index (κ2) is 5.85. The van der Waals surface area contributed by atoms with Crippen molar-refractivity contribution < 1.29 is 9.90 Å². The van der Waals surface area contributed by atoms with E-state index in [2.05, 4.69) is 16.0 Å². The molecule has 3 heterocycles. The molecule has 1 aliphatic rings. The quantitative estimate of drug-likeness (QED) is 0.762. The molecule has 0 unspecified atom stereocenters. The summed E-state index contributed by atoms with van der Waals surface area (Å²) in [5.41, 5.74) is 4.82. The predicted octanol–water partition coefficient (Wildman–Crippen LogP) is 3.20. The molecule has 4 rings (SSSR count). The van der Waals surface area contributed by atoms with E-state index in [1.165, 1.54) is 11.6 Å². The number of phenols is 1. The molecule has 0 bridgehead atoms. The Kier molecular flexibility index (Phi) is 3.54. The van der Waals surface area contributed by atoms with Crippen molar-refractivity contribution >= 4 is 22.5 Å². The lowest BCUT2D eigenvalue weighted by Gasteiger charge is -2.26. The van der Waals surface area contributed by atoms with Crippen LogP contribution in [0.25, 0.3) is 16.6 Å². The van der Waals surface area contributed by atoms with Gasteiger partial charge in [0, 0.05) is 36.6 Å². The number of hydrogen-bond donors (Lipinski definition) is 2. The summed E-state index contributed by atoms with van der Waals surface area (Å²) >= 11 is 0. The summed E-state index contributed by atoms with van der Waals surface area (Å²) in [6.07, 6.45) is 6.65. The number of nitrogens with one attached hydrogen (secondary N) is 1. The molecular weight excluding hydrogens is 302 g/mol. The minimum Gasteiger partial charge on any atom is -0.508 e. The fourth-order valence-corrected chi connectivity index (χ4v) is 3.12. The molecule has 0 spiro atoms. The van der Waals surface area contributed by atoms with E-state index in [0.717, 1.165) is 23.0 Å². The van der Waals surface area contributed by atoms with Crippen molar-refractivity contribution in [2.24, 2.45) is 0 Å². The van der Waals surface area contributed by atoms with Gasteiger partial charge in [0.2, 0.25) is 0 Å². The number of H-pyrrole nitrogens is 1. The van der Waals surface area contributed by atoms with E-state index in [0.29, 0.717) is 18.7 Å². The Morgan fingerprint density at radius 1 is 1.25 bits per heavy atom. The molecule has 0 saturated heterocycles. The Bertz CT molecular complexity index is 942. The SMILES string of the molecule is O=C(c1cccc(O)c1)N1CC=C(c2c[nH]c3cccnc23)CC1. The highest BCUT2D eigenvalue weighted by atomic mass is 16.3. The lowest BCUT2D eigenvalue weighted by Crippen LogP contribution is -2.34. The van der Waals surface area contributed by atoms with Gasteiger partial charge < -0.3 is 15.0 Å². The van der Waals surface area contributed by atoms with Gasteiger partial charge in [-0.2, -0.15) is 0 Å². The zero-order valence-electron chi connectivity index (χ0n) is 13.1. The second-order valence-electron chi connectivity index (χ2n) is 5.88. The van der Waals surface area contributed by atoms with Gasteiger partial charge in [0.15, 0.2) is 0 Å². The average molecular weight is 319 g/mol. The maximum Gasteiger partial charge on any atom is 0.254 e. The number of benzene rings is 1. The third-order valence-corrected chi connectivity index (χ3v) is 4.37. The Morgan fingerprint density at radius 3 is 2.96 bits per heavy atom. The van der Waals surface area contributed by atoms with Gasteiger partial charge in [0.05, 0.1) is 11.0 Å². The van der Waals surface area contributed by atoms with Crippen molar-refractivity contribution in [3.63, 3.8) is 0 Å². The van der Waals surface area contributed by atoms with Crippen molar-refractivity contribution in [1.29, 1.82) is 0 Å². The highest BCUT2D eigenvalue weighted by Crippen LogP contribution is 2.28. The predicted molar refractivity (Wildman–Crippen MR) is 92.7 cm³/mol. The Morgan fingerprint density at radius 2 is 2.17 bits per heavy atom. The Balaban J connectivity index is 1.56. The lowest BCUT2D eigenvalue weighted by molar-refractivity contribution is 0.0772. The monoisotopic (exact) mass is 319 g/mol. The van der Waals surface area contributed by atoms with Gasteiger partial charge in [-0.15, -0.1) is 0 Å². The van der Waals surface area contributed by atoms with Crippen LogP contribution in [0.1, 0.15) is 22.3 Å². The number of hydrogen-bond acceptors (Lipinski definition) is 3. The Labute approximate surface area is 139 Å². The van der Waals surface area contributed by atoms with Gasteiger partial charge in [0.1, 0.15) is 5.75 Å². The Hall–Kier alpha value is -3.08. The van der Waals surface area contributed by atoms with Crippen LogP contribution in [0.2, 0.25) is 0 Å². The average Bonchev–Trinajstić information content (AvgIpc) is 3.05. The first-order chi connectivity index (χ1) is 11.7. The minimum absolute atomic E-state index is 0.0572. The number of aromatic hydroxyl groups is 1. The van der Waals surface area contributed by atoms with E-state index >= 15 is 0 Å². The molecule has 0 aliphatic carbocycles. The number of phenolic OH excluding ortho intramolecular Hbond substituents is 1. The molecule has 120 valence electrons. The third kappa shape index (κ3) is 2.54. The molecule has 2 N–H and O–H groups in total. The van der Waals surface area contributed by atoms with Gasteiger partial charge in [0.25, 0.3) is 5.91 Å². The fraction of sp³-hybridized carbons (Fsp3) is 0.158. The van der Waals surface area contributed by atoms with Crippen LogP contribution < -0.4 is 0 Å². The largest absolute Gasteiger partial charge is 0.508 e. The molecule has 5 heteroatoms. The fourth-order valence-electron chi connectivity index (χ4n) is 3.12. The molecule has 3 aromatic rings. The van der Waals surface area contributed by atoms with Crippen molar-refractivity contribution in [3.05, 3.63) is 66.0 Å². The van der Waals surface area contributed by atoms with Crippen molar-refractivity contribution in [3.8, 4) is 5.75 Å². The van der Waals surface area contributed by atoms with Gasteiger partial charge in [-0.3, -0.25) is 9.78 Å². The molecule has 1 aromatic carbocycles. The first-order valence-electron chi connectivity index (χ1n) is 7.92. The number of aromatic nitrogens is 2. The van der Waals surface area contributed by atoms with E-state index in [9.17, 15) is 9.90 Å². The maximum atomic E-state index is 12.5. The van der Waals surface area contributed by atoms with Crippen LogP contribution in [0.5, 0.6) is 5.75 Å². The van der Waals surface area contributed by atoms with Crippen LogP contribution in [-0.4, -0.2) is 39.0 Å². The summed E-state index contributed by atoms with van der Waals surface area (Å²) in [4.78, 5) is 22.0. The molecule has 0 fully saturated rings. The number of amides is 1. The van der Waals surface area contributed by atoms with Gasteiger partial charge >= 0.3 is 0 Å². The smallest absolute Gasteiger partial charge is 0.254 e. The standard InChI is InChI=1S/C19H17N3O2/c23-15-4-1-3-14(11-15)19(24)22-9-6-13(7-10-22)16-12-21-17-5-2-8-20-18(16)17/h1-6,8,11-12,21,23H,7,9-10H2. The molecule has 2 aromatic heterocycles. The first-order valence-corrected chi connectivity index (χ1v) is 7.92. The van der Waals surface area contributed by atoms with Crippen LogP contribution in [0, 0.1) is 0 Å². The molecule has 5 nitrogen and oxygen atoms in total. The number of pyridine rings is 1. The van der Waals surface area contributed by atoms with Crippen molar-refractivity contribution in [1.82, 2.24) is 14.9 Å². The molecular formula is C19H17N3O2. The number of rotatable bonds is 2. The molecule has 24 heavy (non-hydrogen) atoms. The molecule has 0 saturated carbocycles. The maximum absolute atomic E-state index is 12.5. The van der Waals surface area contributed by atoms with E-state index < -0.39 is 0 Å². The molecule has 0 atom stereocenters. The third-order valence-electron chi connectivity index (χ3n) is 4.37. The highest BCUT2D eigenvalue weighted by Gasteiger charge is 2.21. The summed E-state index contributed by atoms with van der Waals surface area (Å²) in [6, 6.07) is 10.4. The summed E-state index contributed by atoms with van der Waals surface area (Å²) in [7, 11) is 0. The second-order valence-corrected chi connectivity index (χ2v) is 5.88. The molecule has 1 amide bonds. The lowest BCUT2D eigenvalue weighted by atomic mass is 10.0. The van der Waals surface area contributed by atoms with E-state index in [-0.39, 0.29) is 11.7 Å². The molecule has 1 aliphatic heterocycles. The van der Waals surface area contributed by atoms with Crippen LogP contribution in [-0.2, 0) is 0 Å². The van der Waals surface area contributed by atoms with Crippen LogP contribution in [0.3, 0.4) is 0 Å². The summed E-state index contributed by atoms with van der Waals surface area (Å²) in [5, 5.41) is 9.53. The number of fused-ring (bicyclic) bond motifs is 1. The van der Waals surface area contributed by atoms with Gasteiger partial charge in [-0.1, -0.05) is 12.1 Å². The summed E-state index contributed by atoms with van der Waals surface area (Å²) in [5.74, 6) is 0.0530. The summed E-state index contributed by atoms with van der Waals surface area (Å²) < 4.78 is 0. The van der Waals surface area contributed by atoms with E-state index in [4.69, 9.17) is 0 Å². The number of carbonyl (C=O) groups is 1. The van der Waals surface area contributed by atoms with Crippen LogP contribution in [0.4, 0.5) is 0 Å². The van der Waals surface area contributed by atoms with Crippen molar-refractivity contribution in [2.75, 3.05) is 13.1 Å². The van der Waals surface area contributed by atoms with Gasteiger partial charge in [-0.25, -0.2) is 0 Å². The topological polar surface area (TPSA) is 69.2 Å². The highest BCUT2D eigenvalue weighted by molar-refractivity contribution is 5.96.